The average molecular weight is 434 g/mol. The Kier molecular flexibility index (Phi) is 8.24. The summed E-state index contributed by atoms with van der Waals surface area (Å²) in [4.78, 5) is 19.9. The summed E-state index contributed by atoms with van der Waals surface area (Å²) in [6, 6.07) is 3.81. The highest BCUT2D eigenvalue weighted by Crippen LogP contribution is 2.30. The average Bonchev–Trinajstić information content (AvgIpc) is 3.05. The summed E-state index contributed by atoms with van der Waals surface area (Å²) < 4.78 is 7.20. The van der Waals surface area contributed by atoms with E-state index >= 15 is 0 Å². The SMILES string of the molecule is CCCOCCNC(=O)c1ccc(C)nc1C1CCN(Cc2nn(C)cc2Cl)CC1. The van der Waals surface area contributed by atoms with Crippen LogP contribution in [0.15, 0.2) is 18.3 Å². The second-order valence-corrected chi connectivity index (χ2v) is 8.31. The summed E-state index contributed by atoms with van der Waals surface area (Å²) in [5.74, 6) is 0.206. The van der Waals surface area contributed by atoms with Crippen molar-refractivity contribution in [2.45, 2.75) is 45.6 Å². The van der Waals surface area contributed by atoms with E-state index in [1.807, 2.05) is 32.3 Å². The summed E-state index contributed by atoms with van der Waals surface area (Å²) in [5.41, 5.74) is 3.45. The van der Waals surface area contributed by atoms with Crippen LogP contribution in [0.4, 0.5) is 0 Å². The first-order valence-corrected chi connectivity index (χ1v) is 11.1. The van der Waals surface area contributed by atoms with E-state index in [1.54, 1.807) is 4.68 Å². The summed E-state index contributed by atoms with van der Waals surface area (Å²) >= 11 is 6.26. The summed E-state index contributed by atoms with van der Waals surface area (Å²) in [7, 11) is 1.88. The van der Waals surface area contributed by atoms with Crippen LogP contribution in [0, 0.1) is 6.92 Å². The van der Waals surface area contributed by atoms with Gasteiger partial charge in [0, 0.05) is 44.6 Å². The van der Waals surface area contributed by atoms with Crippen molar-refractivity contribution >= 4 is 17.5 Å². The number of nitrogens with zero attached hydrogens (tertiary/aromatic N) is 4. The quantitative estimate of drug-likeness (QED) is 0.614. The van der Waals surface area contributed by atoms with Crippen LogP contribution in [0.25, 0.3) is 0 Å². The number of piperidine rings is 1. The van der Waals surface area contributed by atoms with Crippen LogP contribution in [0.2, 0.25) is 5.02 Å². The lowest BCUT2D eigenvalue weighted by Gasteiger charge is -2.32. The van der Waals surface area contributed by atoms with Gasteiger partial charge in [-0.25, -0.2) is 0 Å². The minimum Gasteiger partial charge on any atom is -0.380 e. The molecule has 0 aromatic carbocycles. The van der Waals surface area contributed by atoms with Gasteiger partial charge in [0.25, 0.3) is 5.91 Å². The number of rotatable bonds is 9. The van der Waals surface area contributed by atoms with Crippen LogP contribution in [0.1, 0.15) is 59.5 Å². The van der Waals surface area contributed by atoms with E-state index in [-0.39, 0.29) is 11.8 Å². The molecule has 3 heterocycles. The van der Waals surface area contributed by atoms with Gasteiger partial charge in [0.1, 0.15) is 0 Å². The molecule has 8 heteroatoms. The Morgan fingerprint density at radius 1 is 1.30 bits per heavy atom. The maximum absolute atomic E-state index is 12.8. The third-order valence-corrected chi connectivity index (χ3v) is 5.71. The highest BCUT2D eigenvalue weighted by molar-refractivity contribution is 6.31. The van der Waals surface area contributed by atoms with Crippen LogP contribution in [-0.4, -0.2) is 58.4 Å². The molecule has 2 aromatic heterocycles. The van der Waals surface area contributed by atoms with E-state index in [0.717, 1.165) is 62.6 Å². The number of pyridine rings is 1. The van der Waals surface area contributed by atoms with Gasteiger partial charge >= 0.3 is 0 Å². The second-order valence-electron chi connectivity index (χ2n) is 7.90. The van der Waals surface area contributed by atoms with Crippen molar-refractivity contribution in [2.75, 3.05) is 32.8 Å². The zero-order chi connectivity index (χ0) is 21.5. The summed E-state index contributed by atoms with van der Waals surface area (Å²) in [6.07, 6.45) is 4.73. The molecular weight excluding hydrogens is 402 g/mol. The molecule has 0 unspecified atom stereocenters. The van der Waals surface area contributed by atoms with Crippen molar-refractivity contribution in [3.63, 3.8) is 0 Å². The number of amides is 1. The molecular formula is C22H32ClN5O2. The number of ether oxygens (including phenoxy) is 1. The van der Waals surface area contributed by atoms with Crippen LogP contribution in [0.5, 0.6) is 0 Å². The Labute approximate surface area is 183 Å². The number of nitrogens with one attached hydrogen (secondary N) is 1. The van der Waals surface area contributed by atoms with Gasteiger partial charge in [-0.1, -0.05) is 18.5 Å². The molecule has 1 saturated heterocycles. The molecule has 0 saturated carbocycles. The van der Waals surface area contributed by atoms with Crippen molar-refractivity contribution in [1.29, 1.82) is 0 Å². The van der Waals surface area contributed by atoms with Crippen LogP contribution >= 0.6 is 11.6 Å². The molecule has 0 bridgehead atoms. The van der Waals surface area contributed by atoms with Crippen molar-refractivity contribution in [3.8, 4) is 0 Å². The Balaban J connectivity index is 1.60. The monoisotopic (exact) mass is 433 g/mol. The molecule has 30 heavy (non-hydrogen) atoms. The number of likely N-dealkylation sites (tertiary alicyclic amines) is 1. The van der Waals surface area contributed by atoms with Gasteiger partial charge in [0.2, 0.25) is 0 Å². The molecule has 1 fully saturated rings. The number of halogens is 1. The molecule has 0 spiro atoms. The second kappa shape index (κ2) is 10.9. The maximum Gasteiger partial charge on any atom is 0.253 e. The fourth-order valence-corrected chi connectivity index (χ4v) is 4.09. The minimum absolute atomic E-state index is 0.0692. The predicted octanol–water partition coefficient (Wildman–Crippen LogP) is 3.31. The van der Waals surface area contributed by atoms with Crippen molar-refractivity contribution in [1.82, 2.24) is 25.0 Å². The largest absolute Gasteiger partial charge is 0.380 e. The van der Waals surface area contributed by atoms with E-state index < -0.39 is 0 Å². The highest BCUT2D eigenvalue weighted by atomic mass is 35.5. The third kappa shape index (κ3) is 6.03. The zero-order valence-electron chi connectivity index (χ0n) is 18.2. The Morgan fingerprint density at radius 2 is 2.07 bits per heavy atom. The van der Waals surface area contributed by atoms with Crippen molar-refractivity contribution < 1.29 is 9.53 Å². The summed E-state index contributed by atoms with van der Waals surface area (Å²) in [5, 5.41) is 8.12. The molecule has 1 N–H and O–H groups in total. The van der Waals surface area contributed by atoms with Crippen LogP contribution in [-0.2, 0) is 18.3 Å². The van der Waals surface area contributed by atoms with E-state index in [0.29, 0.717) is 23.7 Å². The lowest BCUT2D eigenvalue weighted by molar-refractivity contribution is 0.0912. The minimum atomic E-state index is -0.0692. The molecule has 0 radical (unpaired) electrons. The standard InChI is InChI=1S/C22H32ClN5O2/c1-4-12-30-13-9-24-22(29)18-6-5-16(2)25-21(18)17-7-10-28(11-8-17)15-20-19(23)14-27(3)26-20/h5-6,14,17H,4,7-13,15H2,1-3H3,(H,24,29). The van der Waals surface area contributed by atoms with Gasteiger partial charge < -0.3 is 10.1 Å². The van der Waals surface area contributed by atoms with Gasteiger partial charge in [-0.05, 0) is 51.4 Å². The van der Waals surface area contributed by atoms with E-state index in [2.05, 4.69) is 22.2 Å². The number of hydrogen-bond acceptors (Lipinski definition) is 5. The molecule has 3 rings (SSSR count). The first kappa shape index (κ1) is 22.7. The number of carbonyl (C=O) groups excluding carboxylic acids is 1. The third-order valence-electron chi connectivity index (χ3n) is 5.39. The molecule has 7 nitrogen and oxygen atoms in total. The molecule has 0 aliphatic carbocycles. The zero-order valence-corrected chi connectivity index (χ0v) is 18.9. The molecule has 1 aliphatic rings. The van der Waals surface area contributed by atoms with E-state index in [4.69, 9.17) is 21.3 Å². The van der Waals surface area contributed by atoms with Gasteiger partial charge in [0.05, 0.1) is 28.6 Å². The van der Waals surface area contributed by atoms with Gasteiger partial charge in [-0.2, -0.15) is 5.10 Å². The lowest BCUT2D eigenvalue weighted by atomic mass is 9.89. The molecule has 1 aliphatic heterocycles. The Bertz CT molecular complexity index is 846. The van der Waals surface area contributed by atoms with Crippen molar-refractivity contribution in [2.24, 2.45) is 7.05 Å². The maximum atomic E-state index is 12.8. The van der Waals surface area contributed by atoms with Crippen molar-refractivity contribution in [3.05, 3.63) is 46.0 Å². The molecule has 2 aromatic rings. The van der Waals surface area contributed by atoms with Gasteiger partial charge in [-0.15, -0.1) is 0 Å². The Morgan fingerprint density at radius 3 is 2.73 bits per heavy atom. The summed E-state index contributed by atoms with van der Waals surface area (Å²) in [6.45, 7) is 8.41. The fraction of sp³-hybridized carbons (Fsp3) is 0.591. The first-order valence-electron chi connectivity index (χ1n) is 10.7. The molecule has 1 amide bonds. The number of hydrogen-bond donors (Lipinski definition) is 1. The molecule has 0 atom stereocenters. The van der Waals surface area contributed by atoms with Gasteiger partial charge in [0.15, 0.2) is 0 Å². The topological polar surface area (TPSA) is 72.3 Å². The normalized spacial score (nSPS) is 15.5. The van der Waals surface area contributed by atoms with Gasteiger partial charge in [-0.3, -0.25) is 19.4 Å². The number of carbonyl (C=O) groups is 1. The van der Waals surface area contributed by atoms with Crippen LogP contribution in [0.3, 0.4) is 0 Å². The fourth-order valence-electron chi connectivity index (χ4n) is 3.85. The van der Waals surface area contributed by atoms with E-state index in [9.17, 15) is 4.79 Å². The number of aryl methyl sites for hydroxylation is 2. The Hall–Kier alpha value is -1.96. The smallest absolute Gasteiger partial charge is 0.253 e. The predicted molar refractivity (Wildman–Crippen MR) is 118 cm³/mol. The van der Waals surface area contributed by atoms with Crippen LogP contribution < -0.4 is 5.32 Å². The first-order chi connectivity index (χ1) is 14.5. The lowest BCUT2D eigenvalue weighted by Crippen LogP contribution is -2.34. The molecule has 164 valence electrons. The van der Waals surface area contributed by atoms with E-state index in [1.165, 1.54) is 0 Å². The highest BCUT2D eigenvalue weighted by Gasteiger charge is 2.26. The number of aromatic nitrogens is 3.